The lowest BCUT2D eigenvalue weighted by molar-refractivity contribution is 0.0636. The molecule has 9 nitrogen and oxygen atoms in total. The number of amides is 2. The molecule has 32 heavy (non-hydrogen) atoms. The monoisotopic (exact) mass is 450 g/mol. The zero-order valence-corrected chi connectivity index (χ0v) is 18.8. The maximum Gasteiger partial charge on any atom is 0.412 e. The van der Waals surface area contributed by atoms with Crippen molar-refractivity contribution in [3.63, 3.8) is 0 Å². The number of nitrogens with zero attached hydrogens (tertiary/aromatic N) is 3. The van der Waals surface area contributed by atoms with Crippen LogP contribution in [0.5, 0.6) is 0 Å². The molecule has 0 bridgehead atoms. The van der Waals surface area contributed by atoms with Gasteiger partial charge >= 0.3 is 6.09 Å². The molecule has 2 aromatic heterocycles. The quantitative estimate of drug-likeness (QED) is 0.495. The van der Waals surface area contributed by atoms with E-state index in [2.05, 4.69) is 25.3 Å². The molecule has 0 spiro atoms. The first kappa shape index (κ1) is 22.7. The lowest BCUT2D eigenvalue weighted by atomic mass is 10.2. The summed E-state index contributed by atoms with van der Waals surface area (Å²) in [7, 11) is 0. The number of hydrogen-bond donors (Lipinski definition) is 3. The van der Waals surface area contributed by atoms with Gasteiger partial charge in [0.15, 0.2) is 0 Å². The van der Waals surface area contributed by atoms with Gasteiger partial charge in [0, 0.05) is 17.6 Å². The fourth-order valence-electron chi connectivity index (χ4n) is 2.66. The maximum absolute atomic E-state index is 13.0. The third-order valence-corrected chi connectivity index (χ3v) is 4.84. The number of carbonyl (C=O) groups is 2. The molecule has 2 heterocycles. The van der Waals surface area contributed by atoms with Crippen molar-refractivity contribution >= 4 is 45.7 Å². The van der Waals surface area contributed by atoms with Crippen molar-refractivity contribution in [2.24, 2.45) is 0 Å². The molecule has 0 unspecified atom stereocenters. The summed E-state index contributed by atoms with van der Waals surface area (Å²) in [5.74, 6) is 0.132. The van der Waals surface area contributed by atoms with Gasteiger partial charge in [-0.05, 0) is 69.6 Å². The summed E-state index contributed by atoms with van der Waals surface area (Å²) < 4.78 is 9.51. The van der Waals surface area contributed by atoms with E-state index in [0.29, 0.717) is 39.0 Å². The molecular weight excluding hydrogens is 428 g/mol. The van der Waals surface area contributed by atoms with E-state index in [1.165, 1.54) is 6.20 Å². The molecule has 3 N–H and O–H groups in total. The fraction of sp³-hybridized carbons (Fsp3) is 0.227. The highest BCUT2D eigenvalue weighted by molar-refractivity contribution is 7.10. The molecule has 0 aliphatic carbocycles. The SMILES string of the molecule is Cc1nsc(Nc2ccc(C#N)cn2)c1C(=O)Nc1cccc(NC(=O)OC(C)(C)C)c1. The zero-order chi connectivity index (χ0) is 23.3. The molecule has 0 aliphatic rings. The predicted molar refractivity (Wildman–Crippen MR) is 123 cm³/mol. The highest BCUT2D eigenvalue weighted by atomic mass is 32.1. The molecule has 10 heteroatoms. The van der Waals surface area contributed by atoms with Gasteiger partial charge in [-0.2, -0.15) is 9.64 Å². The molecule has 0 radical (unpaired) electrons. The maximum atomic E-state index is 13.0. The van der Waals surface area contributed by atoms with Gasteiger partial charge in [-0.25, -0.2) is 9.78 Å². The Balaban J connectivity index is 1.73. The number of anilines is 4. The van der Waals surface area contributed by atoms with Gasteiger partial charge in [-0.1, -0.05) is 6.07 Å². The van der Waals surface area contributed by atoms with E-state index in [9.17, 15) is 9.59 Å². The number of aromatic nitrogens is 2. The Morgan fingerprint density at radius 3 is 2.47 bits per heavy atom. The second-order valence-electron chi connectivity index (χ2n) is 7.80. The molecule has 0 atom stereocenters. The van der Waals surface area contributed by atoms with Crippen molar-refractivity contribution in [2.45, 2.75) is 33.3 Å². The number of aryl methyl sites for hydroxylation is 1. The number of hydrogen-bond acceptors (Lipinski definition) is 8. The molecule has 1 aromatic carbocycles. The summed E-state index contributed by atoms with van der Waals surface area (Å²) in [6.07, 6.45) is 0.860. The van der Waals surface area contributed by atoms with E-state index in [0.717, 1.165) is 11.5 Å². The summed E-state index contributed by atoms with van der Waals surface area (Å²) in [6, 6.07) is 12.0. The normalized spacial score (nSPS) is 10.7. The van der Waals surface area contributed by atoms with Crippen molar-refractivity contribution in [2.75, 3.05) is 16.0 Å². The van der Waals surface area contributed by atoms with Crippen molar-refractivity contribution in [1.82, 2.24) is 9.36 Å². The smallest absolute Gasteiger partial charge is 0.412 e. The van der Waals surface area contributed by atoms with Gasteiger partial charge in [0.25, 0.3) is 5.91 Å². The Morgan fingerprint density at radius 1 is 1.12 bits per heavy atom. The molecule has 3 rings (SSSR count). The number of pyridine rings is 1. The van der Waals surface area contributed by atoms with Gasteiger partial charge in [0.2, 0.25) is 0 Å². The molecular formula is C22H22N6O3S. The molecule has 0 fully saturated rings. The Hall–Kier alpha value is -3.97. The minimum atomic E-state index is -0.618. The van der Waals surface area contributed by atoms with Crippen LogP contribution in [0.2, 0.25) is 0 Å². The third-order valence-electron chi connectivity index (χ3n) is 3.99. The molecule has 2 amide bonds. The van der Waals surface area contributed by atoms with Crippen LogP contribution in [0.15, 0.2) is 42.6 Å². The Kier molecular flexibility index (Phi) is 6.70. The zero-order valence-electron chi connectivity index (χ0n) is 18.0. The standard InChI is InChI=1S/C22H22N6O3S/c1-13-18(20(32-28-13)27-17-9-8-14(11-23)12-24-17)19(29)25-15-6-5-7-16(10-15)26-21(30)31-22(2,3)4/h5-10,12H,1-4H3,(H,24,27)(H,25,29)(H,26,30). The Labute approximate surface area is 189 Å². The first-order chi connectivity index (χ1) is 15.1. The number of ether oxygens (including phenoxy) is 1. The van der Waals surface area contributed by atoms with Crippen molar-refractivity contribution in [3.8, 4) is 6.07 Å². The van der Waals surface area contributed by atoms with Crippen LogP contribution in [0.1, 0.15) is 42.4 Å². The van der Waals surface area contributed by atoms with Crippen LogP contribution in [0.4, 0.5) is 27.0 Å². The summed E-state index contributed by atoms with van der Waals surface area (Å²) >= 11 is 1.14. The predicted octanol–water partition coefficient (Wildman–Crippen LogP) is 5.06. The largest absolute Gasteiger partial charge is 0.444 e. The van der Waals surface area contributed by atoms with E-state index < -0.39 is 11.7 Å². The van der Waals surface area contributed by atoms with Crippen LogP contribution in [0, 0.1) is 18.3 Å². The summed E-state index contributed by atoms with van der Waals surface area (Å²) in [4.78, 5) is 29.1. The number of nitriles is 1. The lowest BCUT2D eigenvalue weighted by Crippen LogP contribution is -2.27. The van der Waals surface area contributed by atoms with Gasteiger partial charge < -0.3 is 15.4 Å². The van der Waals surface area contributed by atoms with E-state index in [1.807, 2.05) is 6.07 Å². The third kappa shape index (κ3) is 6.02. The number of carbonyl (C=O) groups excluding carboxylic acids is 2. The molecule has 164 valence electrons. The fourth-order valence-corrected chi connectivity index (χ4v) is 3.46. The minimum absolute atomic E-state index is 0.359. The second kappa shape index (κ2) is 9.45. The van der Waals surface area contributed by atoms with E-state index in [4.69, 9.17) is 10.00 Å². The number of rotatable bonds is 5. The second-order valence-corrected chi connectivity index (χ2v) is 8.58. The minimum Gasteiger partial charge on any atom is -0.444 e. The van der Waals surface area contributed by atoms with Crippen LogP contribution < -0.4 is 16.0 Å². The first-order valence-corrected chi connectivity index (χ1v) is 10.4. The molecule has 0 saturated carbocycles. The summed E-state index contributed by atoms with van der Waals surface area (Å²) in [5, 5.41) is 18.0. The van der Waals surface area contributed by atoms with Gasteiger partial charge in [-0.3, -0.25) is 10.1 Å². The van der Waals surface area contributed by atoms with Crippen LogP contribution >= 0.6 is 11.5 Å². The van der Waals surface area contributed by atoms with Crippen molar-refractivity contribution < 1.29 is 14.3 Å². The Morgan fingerprint density at radius 2 is 1.84 bits per heavy atom. The van der Waals surface area contributed by atoms with Gasteiger partial charge in [0.1, 0.15) is 22.5 Å². The van der Waals surface area contributed by atoms with E-state index >= 15 is 0 Å². The van der Waals surface area contributed by atoms with E-state index in [1.54, 1.807) is 64.1 Å². The van der Waals surface area contributed by atoms with Crippen LogP contribution in [0.3, 0.4) is 0 Å². The molecule has 0 aliphatic heterocycles. The van der Waals surface area contributed by atoms with Gasteiger partial charge in [-0.15, -0.1) is 0 Å². The number of nitrogens with one attached hydrogen (secondary N) is 3. The first-order valence-electron chi connectivity index (χ1n) is 9.65. The van der Waals surface area contributed by atoms with Crippen LogP contribution in [0.25, 0.3) is 0 Å². The van der Waals surface area contributed by atoms with E-state index in [-0.39, 0.29) is 5.91 Å². The summed E-state index contributed by atoms with van der Waals surface area (Å²) in [5.41, 5.74) is 1.74. The summed E-state index contributed by atoms with van der Waals surface area (Å²) in [6.45, 7) is 7.07. The average molecular weight is 451 g/mol. The average Bonchev–Trinajstić information content (AvgIpc) is 3.07. The topological polar surface area (TPSA) is 129 Å². The number of benzene rings is 1. The highest BCUT2D eigenvalue weighted by Crippen LogP contribution is 2.28. The highest BCUT2D eigenvalue weighted by Gasteiger charge is 2.20. The van der Waals surface area contributed by atoms with Crippen molar-refractivity contribution in [1.29, 1.82) is 5.26 Å². The van der Waals surface area contributed by atoms with Crippen LogP contribution in [-0.2, 0) is 4.74 Å². The lowest BCUT2D eigenvalue weighted by Gasteiger charge is -2.19. The molecule has 3 aromatic rings. The van der Waals surface area contributed by atoms with Crippen molar-refractivity contribution in [3.05, 3.63) is 59.4 Å². The van der Waals surface area contributed by atoms with Crippen LogP contribution in [-0.4, -0.2) is 27.0 Å². The Bertz CT molecular complexity index is 1180. The molecule has 0 saturated heterocycles. The van der Waals surface area contributed by atoms with Gasteiger partial charge in [0.05, 0.1) is 16.8 Å².